The van der Waals surface area contributed by atoms with Gasteiger partial charge < -0.3 is 5.73 Å². The molecule has 2 aromatic rings. The van der Waals surface area contributed by atoms with E-state index in [1.807, 2.05) is 18.2 Å². The average molecular weight is 432 g/mol. The molecule has 1 aromatic heterocycles. The molecule has 0 aliphatic heterocycles. The van der Waals surface area contributed by atoms with Crippen molar-refractivity contribution in [1.82, 2.24) is 10.5 Å². The number of aromatic nitrogens is 1. The zero-order valence-corrected chi connectivity index (χ0v) is 17.7. The number of benzene rings is 1. The third-order valence-corrected chi connectivity index (χ3v) is 8.12. The van der Waals surface area contributed by atoms with Gasteiger partial charge in [0, 0.05) is 18.2 Å². The molecule has 152 valence electrons. The highest BCUT2D eigenvalue weighted by Crippen LogP contribution is 2.31. The van der Waals surface area contributed by atoms with Crippen LogP contribution in [0.25, 0.3) is 10.2 Å². The topological polar surface area (TPSA) is 122 Å². The number of rotatable bonds is 5. The van der Waals surface area contributed by atoms with Crippen LogP contribution in [0.5, 0.6) is 0 Å². The summed E-state index contributed by atoms with van der Waals surface area (Å²) in [5, 5.41) is 9.60. The van der Waals surface area contributed by atoms with Crippen LogP contribution in [-0.2, 0) is 21.1 Å². The summed E-state index contributed by atoms with van der Waals surface area (Å²) in [5.41, 5.74) is 8.56. The fraction of sp³-hybridized carbons (Fsp3) is 0.400. The third-order valence-electron chi connectivity index (χ3n) is 5.02. The summed E-state index contributed by atoms with van der Waals surface area (Å²) < 4.78 is 23.3. The van der Waals surface area contributed by atoms with Gasteiger partial charge in [0.1, 0.15) is 4.75 Å². The number of sulfone groups is 1. The molecule has 29 heavy (non-hydrogen) atoms. The predicted molar refractivity (Wildman–Crippen MR) is 112 cm³/mol. The van der Waals surface area contributed by atoms with Crippen molar-refractivity contribution in [3.63, 3.8) is 0 Å². The van der Waals surface area contributed by atoms with Crippen molar-refractivity contribution in [1.29, 1.82) is 0 Å². The minimum atomic E-state index is -3.74. The van der Waals surface area contributed by atoms with Crippen molar-refractivity contribution in [3.8, 4) is 23.7 Å². The van der Waals surface area contributed by atoms with E-state index in [9.17, 15) is 13.2 Å². The highest BCUT2D eigenvalue weighted by Gasteiger charge is 2.43. The van der Waals surface area contributed by atoms with Gasteiger partial charge in [-0.2, -0.15) is 0 Å². The number of thiazole rings is 1. The number of amides is 1. The van der Waals surface area contributed by atoms with Crippen molar-refractivity contribution in [2.24, 2.45) is 5.73 Å². The van der Waals surface area contributed by atoms with E-state index in [1.54, 1.807) is 0 Å². The molecule has 0 spiro atoms. The Hall–Kier alpha value is -2.43. The molecule has 3 rings (SSSR count). The van der Waals surface area contributed by atoms with Crippen LogP contribution in [-0.4, -0.2) is 41.1 Å². The van der Waals surface area contributed by atoms with E-state index in [4.69, 9.17) is 10.9 Å². The SMILES string of the molecule is C[C@@](CCc1nc2ccc(C#CC#CC3(N)CC3)cc2s1)(C(=O)NO)S(C)(=O)=O. The molecule has 0 bridgehead atoms. The number of hydrogen-bond donors (Lipinski definition) is 3. The maximum Gasteiger partial charge on any atom is 0.264 e. The monoisotopic (exact) mass is 431 g/mol. The number of hydrogen-bond acceptors (Lipinski definition) is 7. The Labute approximate surface area is 173 Å². The molecule has 1 aromatic carbocycles. The smallest absolute Gasteiger partial charge is 0.264 e. The standard InChI is InChI=1S/C20H21N3O4S2/c1-19(18(24)23-25,29(2,26)27)10-8-17-22-15-7-6-14(13-16(15)28-17)5-3-4-9-20(21)11-12-20/h6-7,13,25H,8,10-12,21H2,1-2H3,(H,23,24)/t19-/m1/s1. The molecule has 9 heteroatoms. The van der Waals surface area contributed by atoms with Crippen molar-refractivity contribution in [2.45, 2.75) is 42.9 Å². The van der Waals surface area contributed by atoms with E-state index >= 15 is 0 Å². The Bertz CT molecular complexity index is 1190. The van der Waals surface area contributed by atoms with Gasteiger partial charge in [0.25, 0.3) is 5.91 Å². The van der Waals surface area contributed by atoms with Crippen LogP contribution in [0.4, 0.5) is 0 Å². The maximum absolute atomic E-state index is 12.1. The molecule has 1 aliphatic rings. The van der Waals surface area contributed by atoms with E-state index in [-0.39, 0.29) is 18.4 Å². The summed E-state index contributed by atoms with van der Waals surface area (Å²) in [7, 11) is -3.74. The first-order valence-corrected chi connectivity index (χ1v) is 11.6. The highest BCUT2D eigenvalue weighted by molar-refractivity contribution is 7.92. The predicted octanol–water partition coefficient (Wildman–Crippen LogP) is 1.38. The van der Waals surface area contributed by atoms with Gasteiger partial charge in [-0.25, -0.2) is 18.9 Å². The second kappa shape index (κ2) is 7.77. The van der Waals surface area contributed by atoms with Crippen LogP contribution < -0.4 is 11.2 Å². The van der Waals surface area contributed by atoms with Crippen LogP contribution in [0.2, 0.25) is 0 Å². The molecule has 1 heterocycles. The Morgan fingerprint density at radius 1 is 1.41 bits per heavy atom. The quantitative estimate of drug-likeness (QED) is 0.373. The van der Waals surface area contributed by atoms with Crippen molar-refractivity contribution >= 4 is 37.3 Å². The molecule has 1 aliphatic carbocycles. The van der Waals surface area contributed by atoms with E-state index in [0.717, 1.165) is 34.9 Å². The largest absolute Gasteiger partial charge is 0.315 e. The molecular formula is C20H21N3O4S2. The molecule has 1 amide bonds. The fourth-order valence-corrected chi connectivity index (χ4v) is 4.47. The van der Waals surface area contributed by atoms with E-state index in [0.29, 0.717) is 5.01 Å². The molecule has 4 N–H and O–H groups in total. The number of nitrogens with two attached hydrogens (primary N) is 1. The Kier molecular flexibility index (Phi) is 5.70. The summed E-state index contributed by atoms with van der Waals surface area (Å²) in [6.07, 6.45) is 3.08. The molecule has 1 atom stereocenters. The maximum atomic E-state index is 12.1. The van der Waals surface area contributed by atoms with Gasteiger partial charge >= 0.3 is 0 Å². The minimum absolute atomic E-state index is 0.00113. The van der Waals surface area contributed by atoms with Crippen LogP contribution in [0.3, 0.4) is 0 Å². The fourth-order valence-electron chi connectivity index (χ4n) is 2.61. The summed E-state index contributed by atoms with van der Waals surface area (Å²) >= 11 is 1.41. The van der Waals surface area contributed by atoms with Gasteiger partial charge in [-0.3, -0.25) is 10.0 Å². The number of hydroxylamine groups is 1. The molecular weight excluding hydrogens is 410 g/mol. The summed E-state index contributed by atoms with van der Waals surface area (Å²) in [6.45, 7) is 1.29. The van der Waals surface area contributed by atoms with Crippen molar-refractivity contribution in [3.05, 3.63) is 28.8 Å². The molecule has 0 saturated heterocycles. The van der Waals surface area contributed by atoms with Gasteiger partial charge in [0.2, 0.25) is 0 Å². The lowest BCUT2D eigenvalue weighted by Crippen LogP contribution is -2.49. The summed E-state index contributed by atoms with van der Waals surface area (Å²) in [4.78, 5) is 16.4. The Balaban J connectivity index is 1.77. The van der Waals surface area contributed by atoms with Gasteiger partial charge in [0.15, 0.2) is 9.84 Å². The molecule has 1 saturated carbocycles. The highest BCUT2D eigenvalue weighted by atomic mass is 32.2. The lowest BCUT2D eigenvalue weighted by molar-refractivity contribution is -0.131. The third kappa shape index (κ3) is 4.77. The second-order valence-electron chi connectivity index (χ2n) is 7.39. The zero-order chi connectivity index (χ0) is 21.3. The molecule has 0 unspecified atom stereocenters. The Morgan fingerprint density at radius 2 is 2.14 bits per heavy atom. The summed E-state index contributed by atoms with van der Waals surface area (Å²) in [5.74, 6) is 10.6. The lowest BCUT2D eigenvalue weighted by atomic mass is 10.0. The average Bonchev–Trinajstić information content (AvgIpc) is 3.25. The first-order valence-electron chi connectivity index (χ1n) is 8.92. The first kappa shape index (κ1) is 21.3. The van der Waals surface area contributed by atoms with Crippen LogP contribution in [0.1, 0.15) is 36.8 Å². The van der Waals surface area contributed by atoms with Crippen molar-refractivity contribution < 1.29 is 18.4 Å². The number of nitrogens with one attached hydrogen (secondary N) is 1. The number of nitrogens with zero attached hydrogens (tertiary/aromatic N) is 1. The van der Waals surface area contributed by atoms with Crippen LogP contribution in [0.15, 0.2) is 18.2 Å². The van der Waals surface area contributed by atoms with Gasteiger partial charge in [-0.1, -0.05) is 11.8 Å². The first-order chi connectivity index (χ1) is 13.6. The van der Waals surface area contributed by atoms with E-state index in [1.165, 1.54) is 23.7 Å². The normalized spacial score (nSPS) is 16.7. The Morgan fingerprint density at radius 3 is 2.76 bits per heavy atom. The molecule has 0 radical (unpaired) electrons. The number of fused-ring (bicyclic) bond motifs is 1. The van der Waals surface area contributed by atoms with Crippen LogP contribution in [0, 0.1) is 23.7 Å². The van der Waals surface area contributed by atoms with Gasteiger partial charge in [-0.15, -0.1) is 11.3 Å². The van der Waals surface area contributed by atoms with Crippen molar-refractivity contribution in [2.75, 3.05) is 6.26 Å². The number of carbonyl (C=O) groups excluding carboxylic acids is 1. The van der Waals surface area contributed by atoms with Gasteiger partial charge in [-0.05, 0) is 56.2 Å². The molecule has 7 nitrogen and oxygen atoms in total. The minimum Gasteiger partial charge on any atom is -0.315 e. The zero-order valence-electron chi connectivity index (χ0n) is 16.1. The van der Waals surface area contributed by atoms with Gasteiger partial charge in [0.05, 0.1) is 20.8 Å². The van der Waals surface area contributed by atoms with E-state index in [2.05, 4.69) is 28.7 Å². The second-order valence-corrected chi connectivity index (χ2v) is 11.0. The van der Waals surface area contributed by atoms with Crippen LogP contribution >= 0.6 is 11.3 Å². The summed E-state index contributed by atoms with van der Waals surface area (Å²) in [6, 6.07) is 5.58. The number of carbonyl (C=O) groups is 1. The number of aryl methyl sites for hydroxylation is 1. The lowest BCUT2D eigenvalue weighted by Gasteiger charge is -2.24. The van der Waals surface area contributed by atoms with E-state index < -0.39 is 20.5 Å². The molecule has 1 fully saturated rings.